The first-order valence-corrected chi connectivity index (χ1v) is 7.87. The Hall–Kier alpha value is -0.570. The number of hydrogen-bond donors (Lipinski definition) is 0. The zero-order valence-corrected chi connectivity index (χ0v) is 12.4. The van der Waals surface area contributed by atoms with E-state index < -0.39 is 0 Å². The number of likely N-dealkylation sites (N-methyl/N-ethyl adjacent to an activating group) is 1. The molecule has 19 heavy (non-hydrogen) atoms. The predicted molar refractivity (Wildman–Crippen MR) is 72.4 cm³/mol. The summed E-state index contributed by atoms with van der Waals surface area (Å²) in [5.41, 5.74) is 0.321. The van der Waals surface area contributed by atoms with Crippen molar-refractivity contribution < 1.29 is 9.53 Å². The quantitative estimate of drug-likeness (QED) is 0.679. The summed E-state index contributed by atoms with van der Waals surface area (Å²) in [5.74, 6) is 2.61. The van der Waals surface area contributed by atoms with Gasteiger partial charge in [-0.05, 0) is 43.1 Å². The van der Waals surface area contributed by atoms with Crippen LogP contribution in [0.1, 0.15) is 33.6 Å². The zero-order valence-electron chi connectivity index (χ0n) is 12.4. The number of hydrogen-bond acceptors (Lipinski definition) is 3. The van der Waals surface area contributed by atoms with Gasteiger partial charge in [0.05, 0.1) is 12.0 Å². The van der Waals surface area contributed by atoms with Crippen LogP contribution in [0.5, 0.6) is 0 Å². The van der Waals surface area contributed by atoms with Crippen LogP contribution in [0, 0.1) is 35.0 Å². The maximum absolute atomic E-state index is 12.4. The smallest absolute Gasteiger partial charge is 0.310 e. The minimum Gasteiger partial charge on any atom is -0.460 e. The van der Waals surface area contributed by atoms with Gasteiger partial charge in [-0.15, -0.1) is 0 Å². The van der Waals surface area contributed by atoms with Gasteiger partial charge in [0.25, 0.3) is 0 Å². The highest BCUT2D eigenvalue weighted by Crippen LogP contribution is 2.66. The molecule has 0 aromatic carbocycles. The van der Waals surface area contributed by atoms with Crippen molar-refractivity contribution in [3.8, 4) is 0 Å². The summed E-state index contributed by atoms with van der Waals surface area (Å²) in [7, 11) is 2.23. The van der Waals surface area contributed by atoms with Crippen molar-refractivity contribution in [2.75, 3.05) is 13.6 Å². The Bertz CT molecular complexity index is 434. The molecule has 2 bridgehead atoms. The number of ether oxygens (including phenoxy) is 1. The summed E-state index contributed by atoms with van der Waals surface area (Å²) in [5, 5.41) is 0. The fraction of sp³-hybridized carbons (Fsp3) is 0.938. The van der Waals surface area contributed by atoms with Crippen molar-refractivity contribution >= 4 is 5.97 Å². The van der Waals surface area contributed by atoms with Gasteiger partial charge in [-0.1, -0.05) is 20.8 Å². The Kier molecular flexibility index (Phi) is 2.27. The van der Waals surface area contributed by atoms with Crippen LogP contribution >= 0.6 is 0 Å². The average Bonchev–Trinajstić information content (AvgIpc) is 2.86. The number of carbonyl (C=O) groups excluding carboxylic acids is 1. The molecule has 3 heteroatoms. The third kappa shape index (κ3) is 1.22. The Morgan fingerprint density at radius 1 is 1.37 bits per heavy atom. The van der Waals surface area contributed by atoms with Crippen LogP contribution in [0.4, 0.5) is 0 Å². The number of fused-ring (bicyclic) bond motifs is 4. The van der Waals surface area contributed by atoms with E-state index in [2.05, 4.69) is 32.7 Å². The van der Waals surface area contributed by atoms with E-state index in [1.807, 2.05) is 0 Å². The van der Waals surface area contributed by atoms with Crippen LogP contribution in [0.25, 0.3) is 0 Å². The van der Waals surface area contributed by atoms with Gasteiger partial charge in [-0.3, -0.25) is 9.69 Å². The molecule has 0 N–H and O–H groups in total. The standard InChI is InChI=1S/C16H25NO2/c1-8(2)11-12-10-6-5-9-7-17(4)14(16(9,10)3)13(11)19-15(12)18/h8-14H,5-7H2,1-4H3/t9-,10+,11-,12-,13-,14-,16+/m1/s1. The van der Waals surface area contributed by atoms with Crippen LogP contribution in [0.2, 0.25) is 0 Å². The van der Waals surface area contributed by atoms with Crippen molar-refractivity contribution in [3.63, 3.8) is 0 Å². The zero-order chi connectivity index (χ0) is 13.5. The van der Waals surface area contributed by atoms with Crippen LogP contribution in [0.3, 0.4) is 0 Å². The SMILES string of the molecule is CC(C)[C@H]1[C@H]2OC(=O)[C@@H]1[C@@H]1CC[C@@H]3CN(C)[C@H]2[C@@]31C. The van der Waals surface area contributed by atoms with E-state index in [4.69, 9.17) is 4.74 Å². The Morgan fingerprint density at radius 2 is 2.11 bits per heavy atom. The first kappa shape index (κ1) is 12.2. The lowest BCUT2D eigenvalue weighted by Gasteiger charge is -2.49. The summed E-state index contributed by atoms with van der Waals surface area (Å²) >= 11 is 0. The van der Waals surface area contributed by atoms with Gasteiger partial charge in [0.15, 0.2) is 0 Å². The second-order valence-corrected chi connectivity index (χ2v) is 7.88. The summed E-state index contributed by atoms with van der Waals surface area (Å²) in [4.78, 5) is 14.9. The van der Waals surface area contributed by atoms with Crippen LogP contribution < -0.4 is 0 Å². The summed E-state index contributed by atoms with van der Waals surface area (Å²) < 4.78 is 5.88. The number of nitrogens with zero attached hydrogens (tertiary/aromatic N) is 1. The number of carbonyl (C=O) groups is 1. The number of likely N-dealkylation sites (tertiary alicyclic amines) is 1. The highest BCUT2D eigenvalue weighted by Gasteiger charge is 2.71. The van der Waals surface area contributed by atoms with Crippen LogP contribution in [0.15, 0.2) is 0 Å². The topological polar surface area (TPSA) is 29.5 Å². The van der Waals surface area contributed by atoms with E-state index >= 15 is 0 Å². The number of rotatable bonds is 1. The van der Waals surface area contributed by atoms with Gasteiger partial charge in [0, 0.05) is 12.5 Å². The molecule has 2 aliphatic carbocycles. The Balaban J connectivity index is 1.85. The molecule has 2 aliphatic heterocycles. The molecular formula is C16H25NO2. The summed E-state index contributed by atoms with van der Waals surface area (Å²) in [6.07, 6.45) is 2.69. The minimum absolute atomic E-state index is 0.110. The van der Waals surface area contributed by atoms with Gasteiger partial charge in [-0.25, -0.2) is 0 Å². The molecule has 0 aromatic heterocycles. The molecule has 0 amide bonds. The second kappa shape index (κ2) is 3.55. The van der Waals surface area contributed by atoms with Gasteiger partial charge in [0.1, 0.15) is 6.10 Å². The molecule has 2 saturated heterocycles. The lowest BCUT2D eigenvalue weighted by atomic mass is 9.55. The molecule has 0 radical (unpaired) electrons. The maximum atomic E-state index is 12.4. The second-order valence-electron chi connectivity index (χ2n) is 7.88. The van der Waals surface area contributed by atoms with E-state index in [-0.39, 0.29) is 18.0 Å². The molecule has 0 aromatic rings. The molecule has 4 fully saturated rings. The normalized spacial score (nSPS) is 55.7. The lowest BCUT2D eigenvalue weighted by Crippen LogP contribution is -2.57. The lowest BCUT2D eigenvalue weighted by molar-refractivity contribution is -0.145. The van der Waals surface area contributed by atoms with Crippen molar-refractivity contribution in [1.29, 1.82) is 0 Å². The molecule has 7 atom stereocenters. The first-order chi connectivity index (χ1) is 8.96. The van der Waals surface area contributed by atoms with Gasteiger partial charge >= 0.3 is 5.97 Å². The highest BCUT2D eigenvalue weighted by molar-refractivity contribution is 5.77. The third-order valence-electron chi connectivity index (χ3n) is 6.96. The Labute approximate surface area is 115 Å². The molecule has 106 valence electrons. The largest absolute Gasteiger partial charge is 0.460 e. The highest BCUT2D eigenvalue weighted by atomic mass is 16.6. The molecule has 4 rings (SSSR count). The van der Waals surface area contributed by atoms with E-state index in [0.717, 1.165) is 5.92 Å². The van der Waals surface area contributed by atoms with Crippen LogP contribution in [-0.4, -0.2) is 36.6 Å². The van der Waals surface area contributed by atoms with E-state index in [9.17, 15) is 4.79 Å². The van der Waals surface area contributed by atoms with Gasteiger partial charge in [0.2, 0.25) is 0 Å². The molecule has 4 aliphatic rings. The predicted octanol–water partition coefficient (Wildman–Crippen LogP) is 2.16. The first-order valence-electron chi connectivity index (χ1n) is 7.87. The summed E-state index contributed by atoms with van der Waals surface area (Å²) in [6, 6.07) is 0.458. The molecule has 0 spiro atoms. The van der Waals surface area contributed by atoms with Crippen molar-refractivity contribution in [2.45, 2.75) is 45.8 Å². The monoisotopic (exact) mass is 263 g/mol. The van der Waals surface area contributed by atoms with Gasteiger partial charge in [-0.2, -0.15) is 0 Å². The fourth-order valence-corrected chi connectivity index (χ4v) is 6.32. The van der Waals surface area contributed by atoms with Crippen molar-refractivity contribution in [3.05, 3.63) is 0 Å². The minimum atomic E-state index is 0.110. The Morgan fingerprint density at radius 3 is 2.79 bits per heavy atom. The summed E-state index contributed by atoms with van der Waals surface area (Å²) in [6.45, 7) is 8.17. The molecule has 2 heterocycles. The van der Waals surface area contributed by atoms with Crippen LogP contribution in [-0.2, 0) is 9.53 Å². The molecule has 0 unspecified atom stereocenters. The average molecular weight is 263 g/mol. The molecule has 2 saturated carbocycles. The van der Waals surface area contributed by atoms with Crippen molar-refractivity contribution in [1.82, 2.24) is 4.90 Å². The van der Waals surface area contributed by atoms with E-state index in [0.29, 0.717) is 29.2 Å². The number of esters is 1. The molecule has 3 nitrogen and oxygen atoms in total. The fourth-order valence-electron chi connectivity index (χ4n) is 6.32. The third-order valence-corrected chi connectivity index (χ3v) is 6.96. The molecular weight excluding hydrogens is 238 g/mol. The van der Waals surface area contributed by atoms with Gasteiger partial charge < -0.3 is 4.74 Å². The van der Waals surface area contributed by atoms with E-state index in [1.54, 1.807) is 0 Å². The maximum Gasteiger partial charge on any atom is 0.310 e. The van der Waals surface area contributed by atoms with Crippen molar-refractivity contribution in [2.24, 2.45) is 35.0 Å². The van der Waals surface area contributed by atoms with E-state index in [1.165, 1.54) is 19.4 Å².